The predicted molar refractivity (Wildman–Crippen MR) is 106 cm³/mol. The van der Waals surface area contributed by atoms with Crippen molar-refractivity contribution in [2.45, 2.75) is 32.9 Å². The van der Waals surface area contributed by atoms with Gasteiger partial charge in [0, 0.05) is 27.3 Å². The Labute approximate surface area is 165 Å². The average Bonchev–Trinajstić information content (AvgIpc) is 3.00. The normalized spacial score (nSPS) is 12.7. The van der Waals surface area contributed by atoms with Crippen LogP contribution in [0.15, 0.2) is 29.3 Å². The fourth-order valence-corrected chi connectivity index (χ4v) is 2.38. The lowest BCUT2D eigenvalue weighted by atomic mass is 10.3. The highest BCUT2D eigenvalue weighted by atomic mass is 19.1. The number of guanidine groups is 1. The first-order valence-corrected chi connectivity index (χ1v) is 9.28. The van der Waals surface area contributed by atoms with Crippen LogP contribution in [0, 0.1) is 12.7 Å². The van der Waals surface area contributed by atoms with E-state index >= 15 is 0 Å². The fraction of sp³-hybridized carbons (Fsp3) is 0.526. The molecule has 0 aliphatic heterocycles. The van der Waals surface area contributed by atoms with E-state index in [4.69, 9.17) is 9.47 Å². The second kappa shape index (κ2) is 11.2. The first-order valence-electron chi connectivity index (χ1n) is 9.28. The zero-order valence-corrected chi connectivity index (χ0v) is 16.9. The number of nitrogens with zero attached hydrogens (tertiary/aromatic N) is 4. The molecule has 2 N–H and O–H groups in total. The van der Waals surface area contributed by atoms with Gasteiger partial charge in [0.25, 0.3) is 0 Å². The molecular weight excluding hydrogens is 363 g/mol. The summed E-state index contributed by atoms with van der Waals surface area (Å²) >= 11 is 0. The molecule has 0 amide bonds. The van der Waals surface area contributed by atoms with Gasteiger partial charge in [-0.15, -0.1) is 10.2 Å². The predicted octanol–water partition coefficient (Wildman–Crippen LogP) is 1.80. The van der Waals surface area contributed by atoms with Gasteiger partial charge in [0.2, 0.25) is 0 Å². The summed E-state index contributed by atoms with van der Waals surface area (Å²) in [6.07, 6.45) is 0.599. The Kier molecular flexibility index (Phi) is 8.67. The van der Waals surface area contributed by atoms with E-state index in [0.717, 1.165) is 18.1 Å². The monoisotopic (exact) mass is 392 g/mol. The van der Waals surface area contributed by atoms with Gasteiger partial charge in [0.15, 0.2) is 23.4 Å². The van der Waals surface area contributed by atoms with Crippen LogP contribution in [-0.4, -0.2) is 53.6 Å². The number of hydrogen-bond acceptors (Lipinski definition) is 5. The Hall–Kier alpha value is -2.68. The van der Waals surface area contributed by atoms with Crippen LogP contribution in [0.5, 0.6) is 5.75 Å². The van der Waals surface area contributed by atoms with Gasteiger partial charge in [-0.25, -0.2) is 9.38 Å². The largest absolute Gasteiger partial charge is 0.486 e. The van der Waals surface area contributed by atoms with Crippen LogP contribution in [0.2, 0.25) is 0 Å². The number of halogens is 1. The van der Waals surface area contributed by atoms with E-state index in [2.05, 4.69) is 25.8 Å². The SMILES string of the molecule is COCCCNC(=NCc1nnc(C)n1C)NCC(C)Oc1ccccc1F. The third kappa shape index (κ3) is 6.80. The van der Waals surface area contributed by atoms with Crippen LogP contribution >= 0.6 is 0 Å². The summed E-state index contributed by atoms with van der Waals surface area (Å²) in [4.78, 5) is 4.56. The molecule has 0 saturated carbocycles. The molecule has 1 aromatic carbocycles. The van der Waals surface area contributed by atoms with Crippen molar-refractivity contribution < 1.29 is 13.9 Å². The lowest BCUT2D eigenvalue weighted by Crippen LogP contribution is -2.42. The van der Waals surface area contributed by atoms with Gasteiger partial charge in [-0.3, -0.25) is 0 Å². The first kappa shape index (κ1) is 21.6. The molecule has 0 saturated heterocycles. The smallest absolute Gasteiger partial charge is 0.191 e. The van der Waals surface area contributed by atoms with E-state index in [1.54, 1.807) is 25.3 Å². The number of aliphatic imine (C=N–C) groups is 1. The number of nitrogens with one attached hydrogen (secondary N) is 2. The maximum absolute atomic E-state index is 13.7. The Balaban J connectivity index is 1.93. The topological polar surface area (TPSA) is 85.6 Å². The molecule has 0 radical (unpaired) electrons. The minimum atomic E-state index is -0.376. The number of ether oxygens (including phenoxy) is 2. The molecular formula is C19H29FN6O2. The molecule has 154 valence electrons. The van der Waals surface area contributed by atoms with Crippen molar-refractivity contribution in [3.8, 4) is 5.75 Å². The standard InChI is InChI=1S/C19H29FN6O2/c1-14(28-17-9-6-5-8-16(17)20)12-22-19(21-10-7-11-27-4)23-13-18-25-24-15(2)26(18)3/h5-6,8-9,14H,7,10-13H2,1-4H3,(H2,21,22,23). The Morgan fingerprint density at radius 2 is 2.07 bits per heavy atom. The summed E-state index contributed by atoms with van der Waals surface area (Å²) in [7, 11) is 3.58. The quantitative estimate of drug-likeness (QED) is 0.364. The summed E-state index contributed by atoms with van der Waals surface area (Å²) in [5, 5.41) is 14.6. The second-order valence-electron chi connectivity index (χ2n) is 6.40. The zero-order valence-electron chi connectivity index (χ0n) is 16.9. The Morgan fingerprint density at radius 3 is 2.75 bits per heavy atom. The molecule has 9 heteroatoms. The molecule has 0 spiro atoms. The van der Waals surface area contributed by atoms with Crippen LogP contribution in [0.3, 0.4) is 0 Å². The third-order valence-corrected chi connectivity index (χ3v) is 4.10. The summed E-state index contributed by atoms with van der Waals surface area (Å²) in [5.41, 5.74) is 0. The van der Waals surface area contributed by atoms with Crippen molar-refractivity contribution in [3.05, 3.63) is 41.7 Å². The number of hydrogen-bond donors (Lipinski definition) is 2. The van der Waals surface area contributed by atoms with Crippen LogP contribution in [0.4, 0.5) is 4.39 Å². The number of rotatable bonds is 10. The summed E-state index contributed by atoms with van der Waals surface area (Å²) < 4.78 is 26.4. The lowest BCUT2D eigenvalue weighted by Gasteiger charge is -2.18. The lowest BCUT2D eigenvalue weighted by molar-refractivity contribution is 0.195. The molecule has 0 fully saturated rings. The highest BCUT2D eigenvalue weighted by Gasteiger charge is 2.10. The van der Waals surface area contributed by atoms with E-state index in [1.165, 1.54) is 6.07 Å². The molecule has 2 aromatic rings. The van der Waals surface area contributed by atoms with Crippen LogP contribution in [0.1, 0.15) is 25.0 Å². The van der Waals surface area contributed by atoms with Gasteiger partial charge in [-0.2, -0.15) is 0 Å². The van der Waals surface area contributed by atoms with Crippen molar-refractivity contribution in [2.24, 2.45) is 12.0 Å². The molecule has 28 heavy (non-hydrogen) atoms. The Morgan fingerprint density at radius 1 is 1.29 bits per heavy atom. The number of methoxy groups -OCH3 is 1. The summed E-state index contributed by atoms with van der Waals surface area (Å²) in [6.45, 7) is 5.98. The van der Waals surface area contributed by atoms with Crippen molar-refractivity contribution in [1.82, 2.24) is 25.4 Å². The van der Waals surface area contributed by atoms with Gasteiger partial charge >= 0.3 is 0 Å². The number of benzene rings is 1. The van der Waals surface area contributed by atoms with E-state index in [1.807, 2.05) is 25.5 Å². The maximum Gasteiger partial charge on any atom is 0.191 e. The number of para-hydroxylation sites is 1. The molecule has 0 aliphatic rings. The van der Waals surface area contributed by atoms with E-state index in [0.29, 0.717) is 32.2 Å². The summed E-state index contributed by atoms with van der Waals surface area (Å²) in [5.74, 6) is 2.09. The highest BCUT2D eigenvalue weighted by molar-refractivity contribution is 5.79. The minimum absolute atomic E-state index is 0.234. The molecule has 1 heterocycles. The highest BCUT2D eigenvalue weighted by Crippen LogP contribution is 2.16. The van der Waals surface area contributed by atoms with Gasteiger partial charge in [0.1, 0.15) is 18.5 Å². The third-order valence-electron chi connectivity index (χ3n) is 4.10. The van der Waals surface area contributed by atoms with Crippen LogP contribution in [-0.2, 0) is 18.3 Å². The number of aromatic nitrogens is 3. The minimum Gasteiger partial charge on any atom is -0.486 e. The van der Waals surface area contributed by atoms with Crippen molar-refractivity contribution in [3.63, 3.8) is 0 Å². The van der Waals surface area contributed by atoms with E-state index < -0.39 is 0 Å². The molecule has 8 nitrogen and oxygen atoms in total. The van der Waals surface area contributed by atoms with E-state index in [-0.39, 0.29) is 17.7 Å². The van der Waals surface area contributed by atoms with Gasteiger partial charge in [-0.1, -0.05) is 12.1 Å². The molecule has 2 rings (SSSR count). The fourth-order valence-electron chi connectivity index (χ4n) is 2.38. The molecule has 1 aromatic heterocycles. The average molecular weight is 392 g/mol. The van der Waals surface area contributed by atoms with Crippen molar-refractivity contribution in [2.75, 3.05) is 26.8 Å². The summed E-state index contributed by atoms with van der Waals surface area (Å²) in [6, 6.07) is 6.36. The molecule has 0 bridgehead atoms. The van der Waals surface area contributed by atoms with E-state index in [9.17, 15) is 4.39 Å². The van der Waals surface area contributed by atoms with Gasteiger partial charge in [0.05, 0.1) is 6.54 Å². The van der Waals surface area contributed by atoms with Gasteiger partial charge < -0.3 is 24.7 Å². The second-order valence-corrected chi connectivity index (χ2v) is 6.40. The van der Waals surface area contributed by atoms with Crippen LogP contribution < -0.4 is 15.4 Å². The first-order chi connectivity index (χ1) is 13.5. The van der Waals surface area contributed by atoms with Crippen molar-refractivity contribution >= 4 is 5.96 Å². The molecule has 1 unspecified atom stereocenters. The number of aryl methyl sites for hydroxylation is 1. The molecule has 0 aliphatic carbocycles. The molecule has 1 atom stereocenters. The zero-order chi connectivity index (χ0) is 20.4. The van der Waals surface area contributed by atoms with Crippen LogP contribution in [0.25, 0.3) is 0 Å². The van der Waals surface area contributed by atoms with Crippen molar-refractivity contribution in [1.29, 1.82) is 0 Å². The maximum atomic E-state index is 13.7. The van der Waals surface area contributed by atoms with Gasteiger partial charge in [-0.05, 0) is 32.4 Å². The Bertz CT molecular complexity index is 765.